The van der Waals surface area contributed by atoms with E-state index in [0.717, 1.165) is 22.3 Å². The number of halogens is 1. The van der Waals surface area contributed by atoms with Crippen molar-refractivity contribution in [3.05, 3.63) is 87.9 Å². The first-order chi connectivity index (χ1) is 16.9. The number of carbonyl (C=O) groups is 3. The van der Waals surface area contributed by atoms with E-state index in [-0.39, 0.29) is 24.7 Å². The number of hydrogen-bond donors (Lipinski definition) is 3. The Morgan fingerprint density at radius 2 is 1.63 bits per heavy atom. The summed E-state index contributed by atoms with van der Waals surface area (Å²) in [7, 11) is 1.34. The number of carbonyl (C=O) groups excluding carboxylic acids is 2. The molecular weight excluding hydrogens is 516 g/mol. The van der Waals surface area contributed by atoms with E-state index in [2.05, 4.69) is 38.7 Å². The molecule has 1 atom stereocenters. The number of nitrogens with one attached hydrogen (secondary N) is 2. The van der Waals surface area contributed by atoms with Crippen LogP contribution in [0, 0.1) is 0 Å². The maximum absolute atomic E-state index is 12.6. The number of fused-ring (bicyclic) bond motifs is 3. The van der Waals surface area contributed by atoms with E-state index in [1.54, 1.807) is 12.1 Å². The first-order valence-corrected chi connectivity index (χ1v) is 11.6. The van der Waals surface area contributed by atoms with Gasteiger partial charge in [-0.15, -0.1) is 0 Å². The second-order valence-corrected chi connectivity index (χ2v) is 8.82. The number of carboxylic acid groups (broad SMARTS) is 1. The fourth-order valence-corrected chi connectivity index (χ4v) is 4.53. The average Bonchev–Trinajstić information content (AvgIpc) is 3.17. The molecular formula is C26H23BrN2O6. The molecule has 1 aliphatic rings. The normalized spacial score (nSPS) is 12.9. The maximum Gasteiger partial charge on any atom is 0.411 e. The van der Waals surface area contributed by atoms with Crippen molar-refractivity contribution < 1.29 is 29.0 Å². The monoisotopic (exact) mass is 538 g/mol. The van der Waals surface area contributed by atoms with Gasteiger partial charge in [-0.2, -0.15) is 0 Å². The van der Waals surface area contributed by atoms with Crippen molar-refractivity contribution in [2.24, 2.45) is 0 Å². The van der Waals surface area contributed by atoms with Gasteiger partial charge in [-0.25, -0.2) is 9.59 Å². The molecule has 0 fully saturated rings. The molecule has 9 heteroatoms. The average molecular weight is 539 g/mol. The number of hydrogen-bond acceptors (Lipinski definition) is 5. The molecule has 0 radical (unpaired) electrons. The lowest BCUT2D eigenvalue weighted by Crippen LogP contribution is -2.43. The van der Waals surface area contributed by atoms with Crippen molar-refractivity contribution in [1.82, 2.24) is 5.32 Å². The molecule has 0 aromatic heterocycles. The fraction of sp³-hybridized carbons (Fsp3) is 0.192. The largest absolute Gasteiger partial charge is 0.480 e. The lowest BCUT2D eigenvalue weighted by atomic mass is 9.98. The van der Waals surface area contributed by atoms with Crippen molar-refractivity contribution in [1.29, 1.82) is 0 Å². The summed E-state index contributed by atoms with van der Waals surface area (Å²) in [4.78, 5) is 36.5. The second-order valence-electron chi connectivity index (χ2n) is 7.96. The molecule has 3 N–H and O–H groups in total. The van der Waals surface area contributed by atoms with Crippen molar-refractivity contribution in [2.45, 2.75) is 12.0 Å². The predicted octanol–water partition coefficient (Wildman–Crippen LogP) is 4.64. The third kappa shape index (κ3) is 5.36. The molecule has 4 rings (SSSR count). The van der Waals surface area contributed by atoms with Crippen LogP contribution in [0.15, 0.2) is 71.2 Å². The zero-order chi connectivity index (χ0) is 24.9. The van der Waals surface area contributed by atoms with Gasteiger partial charge in [0.05, 0.1) is 12.2 Å². The summed E-state index contributed by atoms with van der Waals surface area (Å²) in [6, 6.07) is 19.5. The van der Waals surface area contributed by atoms with Crippen LogP contribution in [0.3, 0.4) is 0 Å². The van der Waals surface area contributed by atoms with Gasteiger partial charge in [0.15, 0.2) is 6.04 Å². The van der Waals surface area contributed by atoms with Gasteiger partial charge in [0.1, 0.15) is 6.61 Å². The summed E-state index contributed by atoms with van der Waals surface area (Å²) < 4.78 is 10.8. The van der Waals surface area contributed by atoms with E-state index in [4.69, 9.17) is 9.47 Å². The molecule has 35 heavy (non-hydrogen) atoms. The molecule has 0 bridgehead atoms. The van der Waals surface area contributed by atoms with Gasteiger partial charge in [-0.05, 0) is 56.4 Å². The minimum absolute atomic E-state index is 0.0758. The van der Waals surface area contributed by atoms with Crippen LogP contribution in [0.25, 0.3) is 11.1 Å². The van der Waals surface area contributed by atoms with Crippen LogP contribution in [0.5, 0.6) is 0 Å². The highest BCUT2D eigenvalue weighted by Crippen LogP contribution is 2.44. The third-order valence-corrected chi connectivity index (χ3v) is 6.43. The highest BCUT2D eigenvalue weighted by atomic mass is 79.9. The van der Waals surface area contributed by atoms with Crippen LogP contribution in [0.2, 0.25) is 0 Å². The zero-order valence-corrected chi connectivity index (χ0v) is 20.4. The first-order valence-electron chi connectivity index (χ1n) is 10.8. The molecule has 0 saturated heterocycles. The maximum atomic E-state index is 12.6. The van der Waals surface area contributed by atoms with Crippen molar-refractivity contribution in [2.75, 3.05) is 25.6 Å². The summed E-state index contributed by atoms with van der Waals surface area (Å²) >= 11 is 3.29. The number of methoxy groups -OCH3 is 1. The molecule has 0 spiro atoms. The molecule has 1 aliphatic carbocycles. The quantitative estimate of drug-likeness (QED) is 0.385. The summed E-state index contributed by atoms with van der Waals surface area (Å²) in [5, 5.41) is 14.3. The molecule has 8 nitrogen and oxygen atoms in total. The van der Waals surface area contributed by atoms with E-state index in [1.165, 1.54) is 13.2 Å². The number of amides is 2. The van der Waals surface area contributed by atoms with Crippen molar-refractivity contribution in [3.63, 3.8) is 0 Å². The number of ether oxygens (including phenoxy) is 2. The van der Waals surface area contributed by atoms with Gasteiger partial charge in [0.2, 0.25) is 0 Å². The minimum Gasteiger partial charge on any atom is -0.480 e. The number of aliphatic carboxylic acids is 1. The molecule has 1 unspecified atom stereocenters. The van der Waals surface area contributed by atoms with Crippen LogP contribution >= 0.6 is 15.9 Å². The summed E-state index contributed by atoms with van der Waals surface area (Å²) in [5.41, 5.74) is 4.96. The molecule has 180 valence electrons. The topological polar surface area (TPSA) is 114 Å². The Kier molecular flexibility index (Phi) is 7.48. The van der Waals surface area contributed by atoms with E-state index in [0.29, 0.717) is 10.2 Å². The van der Waals surface area contributed by atoms with Gasteiger partial charge in [0, 0.05) is 23.2 Å². The fourth-order valence-electron chi connectivity index (χ4n) is 4.11. The smallest absolute Gasteiger partial charge is 0.411 e. The molecule has 3 aromatic carbocycles. The lowest BCUT2D eigenvalue weighted by molar-refractivity contribution is -0.140. The van der Waals surface area contributed by atoms with Crippen molar-refractivity contribution in [3.8, 4) is 11.1 Å². The number of anilines is 1. The Morgan fingerprint density at radius 3 is 2.23 bits per heavy atom. The van der Waals surface area contributed by atoms with Crippen LogP contribution in [-0.4, -0.2) is 49.4 Å². The Labute approximate surface area is 210 Å². The van der Waals surface area contributed by atoms with Crippen LogP contribution in [0.1, 0.15) is 27.4 Å². The third-order valence-electron chi connectivity index (χ3n) is 5.74. The Morgan fingerprint density at radius 1 is 1.00 bits per heavy atom. The summed E-state index contributed by atoms with van der Waals surface area (Å²) in [6.45, 7) is -0.0303. The van der Waals surface area contributed by atoms with Crippen LogP contribution < -0.4 is 10.6 Å². The standard InChI is InChI=1S/C26H23BrN2O6/c1-34-14-23(25(31)32)29-24(30)20-12-15(10-11-22(20)27)28-26(33)35-13-21-18-8-4-2-6-16(18)17-7-3-5-9-19(17)21/h2-12,21,23H,13-14H2,1H3,(H,28,33)(H,29,30)(H,31,32). The van der Waals surface area contributed by atoms with Gasteiger partial charge < -0.3 is 19.9 Å². The predicted molar refractivity (Wildman–Crippen MR) is 134 cm³/mol. The second kappa shape index (κ2) is 10.7. The number of rotatable bonds is 8. The summed E-state index contributed by atoms with van der Waals surface area (Å²) in [6.07, 6.45) is -0.664. The number of benzene rings is 3. The highest BCUT2D eigenvalue weighted by Gasteiger charge is 2.29. The van der Waals surface area contributed by atoms with Gasteiger partial charge >= 0.3 is 12.1 Å². The Bertz CT molecular complexity index is 1230. The van der Waals surface area contributed by atoms with Crippen molar-refractivity contribution >= 4 is 39.6 Å². The van der Waals surface area contributed by atoms with Crippen LogP contribution in [0.4, 0.5) is 10.5 Å². The van der Waals surface area contributed by atoms with E-state index >= 15 is 0 Å². The Hall–Kier alpha value is -3.69. The van der Waals surface area contributed by atoms with Gasteiger partial charge in [0.25, 0.3) is 5.91 Å². The molecule has 2 amide bonds. The molecule has 0 saturated carbocycles. The summed E-state index contributed by atoms with van der Waals surface area (Å²) in [5.74, 6) is -1.92. The SMILES string of the molecule is COCC(NC(=O)c1cc(NC(=O)OCC2c3ccccc3-c3ccccc32)ccc1Br)C(=O)O. The lowest BCUT2D eigenvalue weighted by Gasteiger charge is -2.16. The van der Waals surface area contributed by atoms with E-state index in [1.807, 2.05) is 36.4 Å². The highest BCUT2D eigenvalue weighted by molar-refractivity contribution is 9.10. The van der Waals surface area contributed by atoms with Crippen LogP contribution in [-0.2, 0) is 14.3 Å². The first kappa shape index (κ1) is 24.4. The molecule has 3 aromatic rings. The Balaban J connectivity index is 1.43. The molecule has 0 aliphatic heterocycles. The van der Waals surface area contributed by atoms with Gasteiger partial charge in [-0.1, -0.05) is 48.5 Å². The van der Waals surface area contributed by atoms with E-state index < -0.39 is 24.0 Å². The van der Waals surface area contributed by atoms with Gasteiger partial charge in [-0.3, -0.25) is 10.1 Å². The molecule has 0 heterocycles. The number of carboxylic acids is 1. The van der Waals surface area contributed by atoms with E-state index in [9.17, 15) is 19.5 Å². The minimum atomic E-state index is -1.22. The zero-order valence-electron chi connectivity index (χ0n) is 18.8.